The molecule has 0 atom stereocenters. The Hall–Kier alpha value is -3.54. The standard InChI is InChI=1S/C21H22N4O2/c1-25(2)18-9-7-16(8-10-18)24-21(26)15-11-12-22-20(13-15)23-17-5-4-6-19(14-17)27-3/h4-14H,1-3H3,(H,22,23)(H,24,26). The van der Waals surface area contributed by atoms with Crippen molar-refractivity contribution < 1.29 is 9.53 Å². The molecule has 0 radical (unpaired) electrons. The van der Waals surface area contributed by atoms with Crippen LogP contribution in [0.15, 0.2) is 66.9 Å². The van der Waals surface area contributed by atoms with Crippen molar-refractivity contribution in [1.29, 1.82) is 0 Å². The molecular formula is C21H22N4O2. The molecule has 0 saturated heterocycles. The highest BCUT2D eigenvalue weighted by atomic mass is 16.5. The van der Waals surface area contributed by atoms with E-state index in [-0.39, 0.29) is 5.91 Å². The van der Waals surface area contributed by atoms with Crippen LogP contribution in [0.2, 0.25) is 0 Å². The van der Waals surface area contributed by atoms with Crippen LogP contribution in [0.25, 0.3) is 0 Å². The molecule has 6 nitrogen and oxygen atoms in total. The number of benzene rings is 2. The molecule has 0 aliphatic heterocycles. The van der Waals surface area contributed by atoms with Crippen LogP contribution in [0.4, 0.5) is 22.9 Å². The first-order valence-electron chi connectivity index (χ1n) is 8.51. The number of carbonyl (C=O) groups is 1. The zero-order valence-electron chi connectivity index (χ0n) is 15.6. The second-order valence-corrected chi connectivity index (χ2v) is 6.18. The lowest BCUT2D eigenvalue weighted by atomic mass is 10.2. The zero-order valence-corrected chi connectivity index (χ0v) is 15.6. The average Bonchev–Trinajstić information content (AvgIpc) is 2.68. The van der Waals surface area contributed by atoms with Gasteiger partial charge >= 0.3 is 0 Å². The number of hydrogen-bond acceptors (Lipinski definition) is 5. The summed E-state index contributed by atoms with van der Waals surface area (Å²) in [5, 5.41) is 6.08. The van der Waals surface area contributed by atoms with Crippen LogP contribution in [-0.2, 0) is 0 Å². The van der Waals surface area contributed by atoms with E-state index in [0.717, 1.165) is 22.8 Å². The third-order valence-corrected chi connectivity index (χ3v) is 4.01. The molecule has 2 N–H and O–H groups in total. The first kappa shape index (κ1) is 18.3. The van der Waals surface area contributed by atoms with Crippen molar-refractivity contribution in [2.75, 3.05) is 36.7 Å². The number of aromatic nitrogens is 1. The first-order chi connectivity index (χ1) is 13.0. The minimum Gasteiger partial charge on any atom is -0.497 e. The van der Waals surface area contributed by atoms with Gasteiger partial charge in [0.2, 0.25) is 0 Å². The summed E-state index contributed by atoms with van der Waals surface area (Å²) in [4.78, 5) is 18.8. The van der Waals surface area contributed by atoms with Gasteiger partial charge in [0.15, 0.2) is 0 Å². The molecule has 1 amide bonds. The lowest BCUT2D eigenvalue weighted by Gasteiger charge is -2.13. The fourth-order valence-electron chi connectivity index (χ4n) is 2.54. The van der Waals surface area contributed by atoms with E-state index in [2.05, 4.69) is 15.6 Å². The SMILES string of the molecule is COc1cccc(Nc2cc(C(=O)Nc3ccc(N(C)C)cc3)ccn2)c1. The molecule has 3 rings (SSSR count). The van der Waals surface area contributed by atoms with E-state index < -0.39 is 0 Å². The fourth-order valence-corrected chi connectivity index (χ4v) is 2.54. The van der Waals surface area contributed by atoms with Gasteiger partial charge in [0.1, 0.15) is 11.6 Å². The summed E-state index contributed by atoms with van der Waals surface area (Å²) in [6, 6.07) is 18.6. The summed E-state index contributed by atoms with van der Waals surface area (Å²) in [7, 11) is 5.57. The van der Waals surface area contributed by atoms with Gasteiger partial charge in [-0.25, -0.2) is 4.98 Å². The Labute approximate surface area is 158 Å². The average molecular weight is 362 g/mol. The third-order valence-electron chi connectivity index (χ3n) is 4.01. The van der Waals surface area contributed by atoms with Crippen LogP contribution in [-0.4, -0.2) is 32.1 Å². The number of rotatable bonds is 6. The number of nitrogens with one attached hydrogen (secondary N) is 2. The maximum Gasteiger partial charge on any atom is 0.255 e. The van der Waals surface area contributed by atoms with Crippen molar-refractivity contribution in [2.24, 2.45) is 0 Å². The van der Waals surface area contributed by atoms with E-state index in [4.69, 9.17) is 4.74 Å². The Bertz CT molecular complexity index is 923. The molecule has 0 aliphatic carbocycles. The van der Waals surface area contributed by atoms with Gasteiger partial charge in [-0.05, 0) is 48.5 Å². The Morgan fingerprint density at radius 2 is 1.78 bits per heavy atom. The van der Waals surface area contributed by atoms with E-state index in [9.17, 15) is 4.79 Å². The van der Waals surface area contributed by atoms with Crippen molar-refractivity contribution in [3.63, 3.8) is 0 Å². The molecule has 1 heterocycles. The number of pyridine rings is 1. The van der Waals surface area contributed by atoms with Crippen molar-refractivity contribution in [3.8, 4) is 5.75 Å². The number of methoxy groups -OCH3 is 1. The minimum atomic E-state index is -0.191. The number of anilines is 4. The second kappa shape index (κ2) is 8.23. The van der Waals surface area contributed by atoms with E-state index in [1.807, 2.05) is 67.5 Å². The van der Waals surface area contributed by atoms with Gasteiger partial charge in [0.25, 0.3) is 5.91 Å². The highest BCUT2D eigenvalue weighted by molar-refractivity contribution is 6.04. The summed E-state index contributed by atoms with van der Waals surface area (Å²) >= 11 is 0. The highest BCUT2D eigenvalue weighted by Crippen LogP contribution is 2.21. The fraction of sp³-hybridized carbons (Fsp3) is 0.143. The predicted octanol–water partition coefficient (Wildman–Crippen LogP) is 4.15. The Kier molecular flexibility index (Phi) is 5.56. The van der Waals surface area contributed by atoms with E-state index >= 15 is 0 Å². The van der Waals surface area contributed by atoms with Crippen molar-refractivity contribution in [2.45, 2.75) is 0 Å². The van der Waals surface area contributed by atoms with Gasteiger partial charge in [-0.15, -0.1) is 0 Å². The maximum absolute atomic E-state index is 12.5. The van der Waals surface area contributed by atoms with Crippen LogP contribution in [0.5, 0.6) is 5.75 Å². The summed E-state index contributed by atoms with van der Waals surface area (Å²) in [5.74, 6) is 1.14. The summed E-state index contributed by atoms with van der Waals surface area (Å²) in [6.07, 6.45) is 1.60. The van der Waals surface area contributed by atoms with E-state index in [0.29, 0.717) is 11.4 Å². The molecule has 0 aliphatic rings. The van der Waals surface area contributed by atoms with Crippen molar-refractivity contribution in [1.82, 2.24) is 4.98 Å². The van der Waals surface area contributed by atoms with E-state index in [1.54, 1.807) is 25.4 Å². The smallest absolute Gasteiger partial charge is 0.255 e. The van der Waals surface area contributed by atoms with Gasteiger partial charge in [-0.1, -0.05) is 6.07 Å². The van der Waals surface area contributed by atoms with Crippen LogP contribution in [0.1, 0.15) is 10.4 Å². The van der Waals surface area contributed by atoms with Crippen LogP contribution >= 0.6 is 0 Å². The third kappa shape index (κ3) is 4.76. The summed E-state index contributed by atoms with van der Waals surface area (Å²) < 4.78 is 5.22. The first-order valence-corrected chi connectivity index (χ1v) is 8.51. The zero-order chi connectivity index (χ0) is 19.2. The quantitative estimate of drug-likeness (QED) is 0.689. The van der Waals surface area contributed by atoms with Crippen LogP contribution in [0, 0.1) is 0 Å². The van der Waals surface area contributed by atoms with Crippen LogP contribution < -0.4 is 20.3 Å². The maximum atomic E-state index is 12.5. The lowest BCUT2D eigenvalue weighted by Crippen LogP contribution is -2.13. The topological polar surface area (TPSA) is 66.5 Å². The number of ether oxygens (including phenoxy) is 1. The molecule has 0 fully saturated rings. The van der Waals surface area contributed by atoms with Crippen molar-refractivity contribution >= 4 is 28.8 Å². The molecule has 0 spiro atoms. The molecular weight excluding hydrogens is 340 g/mol. The number of carbonyl (C=O) groups excluding carboxylic acids is 1. The monoisotopic (exact) mass is 362 g/mol. The van der Waals surface area contributed by atoms with Gasteiger partial charge in [0.05, 0.1) is 7.11 Å². The normalized spacial score (nSPS) is 10.2. The van der Waals surface area contributed by atoms with E-state index in [1.165, 1.54) is 0 Å². The number of amides is 1. The molecule has 27 heavy (non-hydrogen) atoms. The highest BCUT2D eigenvalue weighted by Gasteiger charge is 2.08. The Balaban J connectivity index is 1.71. The van der Waals surface area contributed by atoms with Gasteiger partial charge in [-0.2, -0.15) is 0 Å². The summed E-state index contributed by atoms with van der Waals surface area (Å²) in [6.45, 7) is 0. The summed E-state index contributed by atoms with van der Waals surface area (Å²) in [5.41, 5.74) is 3.16. The molecule has 0 unspecified atom stereocenters. The predicted molar refractivity (Wildman–Crippen MR) is 109 cm³/mol. The molecule has 6 heteroatoms. The van der Waals surface area contributed by atoms with Gasteiger partial charge < -0.3 is 20.3 Å². The number of nitrogens with zero attached hydrogens (tertiary/aromatic N) is 2. The largest absolute Gasteiger partial charge is 0.497 e. The second-order valence-electron chi connectivity index (χ2n) is 6.18. The van der Waals surface area contributed by atoms with Crippen molar-refractivity contribution in [3.05, 3.63) is 72.4 Å². The molecule has 0 bridgehead atoms. The number of hydrogen-bond donors (Lipinski definition) is 2. The Morgan fingerprint density at radius 1 is 1.00 bits per heavy atom. The van der Waals surface area contributed by atoms with Gasteiger partial charge in [-0.3, -0.25) is 4.79 Å². The molecule has 3 aromatic rings. The van der Waals surface area contributed by atoms with Gasteiger partial charge in [0, 0.05) is 49.0 Å². The minimum absolute atomic E-state index is 0.191. The lowest BCUT2D eigenvalue weighted by molar-refractivity contribution is 0.102. The van der Waals surface area contributed by atoms with Crippen LogP contribution in [0.3, 0.4) is 0 Å². The molecule has 1 aromatic heterocycles. The molecule has 0 saturated carbocycles. The molecule has 2 aromatic carbocycles. The molecule has 138 valence electrons. The Morgan fingerprint density at radius 3 is 2.48 bits per heavy atom.